The van der Waals surface area contributed by atoms with E-state index in [0.29, 0.717) is 145 Å². The Bertz CT molecular complexity index is 1250. The van der Waals surface area contributed by atoms with E-state index in [2.05, 4.69) is 4.74 Å². The van der Waals surface area contributed by atoms with Crippen molar-refractivity contribution in [1.29, 1.82) is 0 Å². The van der Waals surface area contributed by atoms with Crippen LogP contribution in [0.25, 0.3) is 0 Å². The molecule has 0 aliphatic carbocycles. The average Bonchev–Trinajstić information content (AvgIpc) is 3.23. The standard InChI is InChI=1S/C40H65F5O17/c1-40(2,3)62-33(47)5-7-49-9-11-51-13-15-53-17-19-55-21-23-57-25-27-59-29-31-60-30-28-58-26-24-56-22-20-54-18-16-52-14-12-50-10-8-48-6-4-32(46)61-39-37(44)35(42)34(41)36(43)38(39)45/h4-31H2,1-3H3. The number of carbonyl (C=O) groups is 2. The van der Waals surface area contributed by atoms with Crippen molar-refractivity contribution in [2.45, 2.75) is 39.2 Å². The molecule has 0 atom stereocenters. The summed E-state index contributed by atoms with van der Waals surface area (Å²) < 4.78 is 146. The number of hydrogen-bond donors (Lipinski definition) is 0. The number of hydrogen-bond acceptors (Lipinski definition) is 17. The van der Waals surface area contributed by atoms with Gasteiger partial charge in [-0.25, -0.2) is 13.2 Å². The summed E-state index contributed by atoms with van der Waals surface area (Å²) in [6.07, 6.45) is -0.281. The molecule has 0 heterocycles. The number of halogens is 5. The number of carbonyl (C=O) groups excluding carboxylic acids is 2. The van der Waals surface area contributed by atoms with Crippen molar-refractivity contribution in [3.63, 3.8) is 0 Å². The quantitative estimate of drug-likeness (QED) is 0.0232. The third kappa shape index (κ3) is 32.9. The monoisotopic (exact) mass is 912 g/mol. The van der Waals surface area contributed by atoms with Gasteiger partial charge in [0.25, 0.3) is 0 Å². The predicted octanol–water partition coefficient (Wildman–Crippen LogP) is 3.63. The van der Waals surface area contributed by atoms with E-state index in [0.717, 1.165) is 0 Å². The molecule has 0 saturated heterocycles. The SMILES string of the molecule is CC(C)(C)OC(=O)CCOCCOCCOCCOCCOCCOCCOCCOCCOCCOCCOCCOCCOCCC(=O)Oc1c(F)c(F)c(F)c(F)c1F. The van der Waals surface area contributed by atoms with Gasteiger partial charge in [-0.2, -0.15) is 8.78 Å². The minimum absolute atomic E-state index is 0.0731. The third-order valence-corrected chi connectivity index (χ3v) is 7.17. The van der Waals surface area contributed by atoms with Crippen LogP contribution in [0.5, 0.6) is 5.75 Å². The van der Waals surface area contributed by atoms with Gasteiger partial charge in [0.1, 0.15) is 5.60 Å². The summed E-state index contributed by atoms with van der Waals surface area (Å²) in [6.45, 7) is 14.9. The molecule has 62 heavy (non-hydrogen) atoms. The molecule has 22 heteroatoms. The molecule has 0 saturated carbocycles. The molecule has 0 radical (unpaired) electrons. The highest BCUT2D eigenvalue weighted by Gasteiger charge is 2.28. The fraction of sp³-hybridized carbons (Fsp3) is 0.800. The van der Waals surface area contributed by atoms with E-state index in [-0.39, 0.29) is 38.8 Å². The van der Waals surface area contributed by atoms with Crippen LogP contribution in [0.3, 0.4) is 0 Å². The van der Waals surface area contributed by atoms with E-state index in [9.17, 15) is 31.5 Å². The Labute approximate surface area is 360 Å². The molecule has 0 fully saturated rings. The maximum Gasteiger partial charge on any atom is 0.313 e. The Balaban J connectivity index is 1.70. The fourth-order valence-electron chi connectivity index (χ4n) is 4.28. The molecular weight excluding hydrogens is 847 g/mol. The Morgan fingerprint density at radius 1 is 0.323 bits per heavy atom. The molecule has 1 aromatic carbocycles. The van der Waals surface area contributed by atoms with Gasteiger partial charge < -0.3 is 71.1 Å². The predicted molar refractivity (Wildman–Crippen MR) is 208 cm³/mol. The largest absolute Gasteiger partial charge is 0.460 e. The van der Waals surface area contributed by atoms with Gasteiger partial charge in [-0.15, -0.1) is 0 Å². The summed E-state index contributed by atoms with van der Waals surface area (Å²) in [5.41, 5.74) is -0.493. The highest BCUT2D eigenvalue weighted by molar-refractivity contribution is 5.72. The van der Waals surface area contributed by atoms with E-state index in [1.54, 1.807) is 0 Å². The Hall–Kier alpha value is -2.71. The molecule has 0 aromatic heterocycles. The van der Waals surface area contributed by atoms with Gasteiger partial charge in [0, 0.05) is 0 Å². The number of esters is 2. The third-order valence-electron chi connectivity index (χ3n) is 7.17. The zero-order valence-corrected chi connectivity index (χ0v) is 36.1. The molecule has 17 nitrogen and oxygen atoms in total. The van der Waals surface area contributed by atoms with E-state index in [1.165, 1.54) is 0 Å². The summed E-state index contributed by atoms with van der Waals surface area (Å²) in [4.78, 5) is 23.2. The van der Waals surface area contributed by atoms with Crippen LogP contribution < -0.4 is 4.74 Å². The molecule has 362 valence electrons. The number of rotatable bonds is 43. The van der Waals surface area contributed by atoms with Crippen molar-refractivity contribution in [2.24, 2.45) is 0 Å². The van der Waals surface area contributed by atoms with Crippen molar-refractivity contribution in [1.82, 2.24) is 0 Å². The molecule has 0 aliphatic heterocycles. The molecular formula is C40H65F5O17. The van der Waals surface area contributed by atoms with Crippen molar-refractivity contribution in [2.75, 3.05) is 172 Å². The first-order valence-electron chi connectivity index (χ1n) is 20.4. The molecule has 0 bridgehead atoms. The van der Waals surface area contributed by atoms with Crippen LogP contribution in [0.2, 0.25) is 0 Å². The molecule has 0 N–H and O–H groups in total. The van der Waals surface area contributed by atoms with E-state index in [4.69, 9.17) is 66.3 Å². The summed E-state index contributed by atoms with van der Waals surface area (Å²) in [7, 11) is 0. The molecule has 0 spiro atoms. The van der Waals surface area contributed by atoms with Gasteiger partial charge in [-0.1, -0.05) is 0 Å². The second kappa shape index (κ2) is 38.7. The van der Waals surface area contributed by atoms with Crippen molar-refractivity contribution in [3.05, 3.63) is 29.1 Å². The average molecular weight is 913 g/mol. The minimum Gasteiger partial charge on any atom is -0.460 e. The van der Waals surface area contributed by atoms with Gasteiger partial charge in [0.15, 0.2) is 0 Å². The van der Waals surface area contributed by atoms with Crippen LogP contribution in [0.4, 0.5) is 22.0 Å². The van der Waals surface area contributed by atoms with Gasteiger partial charge in [-0.05, 0) is 20.8 Å². The molecule has 1 rings (SSSR count). The van der Waals surface area contributed by atoms with Gasteiger partial charge in [0.05, 0.1) is 185 Å². The summed E-state index contributed by atoms with van der Waals surface area (Å²) >= 11 is 0. The number of benzene rings is 1. The first-order chi connectivity index (χ1) is 29.9. The number of ether oxygens (including phenoxy) is 15. The highest BCUT2D eigenvalue weighted by Crippen LogP contribution is 2.29. The molecule has 0 amide bonds. The molecule has 0 unspecified atom stereocenters. The lowest BCUT2D eigenvalue weighted by Crippen LogP contribution is -2.24. The molecule has 1 aromatic rings. The second-order valence-electron chi connectivity index (χ2n) is 13.4. The zero-order chi connectivity index (χ0) is 45.5. The smallest absolute Gasteiger partial charge is 0.313 e. The Morgan fingerprint density at radius 3 is 0.742 bits per heavy atom. The van der Waals surface area contributed by atoms with Gasteiger partial charge in [0.2, 0.25) is 34.8 Å². The van der Waals surface area contributed by atoms with E-state index in [1.807, 2.05) is 20.8 Å². The van der Waals surface area contributed by atoms with Crippen LogP contribution in [0.1, 0.15) is 33.6 Å². The zero-order valence-electron chi connectivity index (χ0n) is 36.1. The van der Waals surface area contributed by atoms with Gasteiger partial charge >= 0.3 is 11.9 Å². The van der Waals surface area contributed by atoms with E-state index < -0.39 is 52.8 Å². The fourth-order valence-corrected chi connectivity index (χ4v) is 4.28. The van der Waals surface area contributed by atoms with E-state index >= 15 is 0 Å². The lowest BCUT2D eigenvalue weighted by atomic mass is 10.2. The van der Waals surface area contributed by atoms with Gasteiger partial charge in [-0.3, -0.25) is 9.59 Å². The van der Waals surface area contributed by atoms with Crippen molar-refractivity contribution < 1.29 is 103 Å². The Morgan fingerprint density at radius 2 is 0.516 bits per heavy atom. The Kier molecular flexibility index (Phi) is 35.8. The highest BCUT2D eigenvalue weighted by atomic mass is 19.2. The summed E-state index contributed by atoms with van der Waals surface area (Å²) in [6, 6.07) is 0. The maximum atomic E-state index is 13.6. The van der Waals surface area contributed by atoms with Crippen LogP contribution in [-0.4, -0.2) is 189 Å². The second-order valence-corrected chi connectivity index (χ2v) is 13.4. The topological polar surface area (TPSA) is 173 Å². The normalized spacial score (nSPS) is 11.7. The van der Waals surface area contributed by atoms with Crippen LogP contribution in [0, 0.1) is 29.1 Å². The minimum atomic E-state index is -2.35. The first-order valence-corrected chi connectivity index (χ1v) is 20.4. The summed E-state index contributed by atoms with van der Waals surface area (Å²) in [5, 5.41) is 0. The van der Waals surface area contributed by atoms with Crippen LogP contribution >= 0.6 is 0 Å². The lowest BCUT2D eigenvalue weighted by molar-refractivity contribution is -0.156. The van der Waals surface area contributed by atoms with Crippen molar-refractivity contribution in [3.8, 4) is 5.75 Å². The van der Waals surface area contributed by atoms with Crippen LogP contribution in [0.15, 0.2) is 0 Å². The lowest BCUT2D eigenvalue weighted by Gasteiger charge is -2.19. The first kappa shape index (κ1) is 57.3. The maximum absolute atomic E-state index is 13.6. The van der Waals surface area contributed by atoms with Crippen LogP contribution in [-0.2, 0) is 75.9 Å². The summed E-state index contributed by atoms with van der Waals surface area (Å²) in [5.74, 6) is -14.5. The molecule has 0 aliphatic rings. The van der Waals surface area contributed by atoms with Crippen molar-refractivity contribution >= 4 is 11.9 Å².